The number of carbonyl (C=O) groups is 2. The number of benzene rings is 1. The van der Waals surface area contributed by atoms with Crippen molar-refractivity contribution >= 4 is 17.6 Å². The molecule has 2 unspecified atom stereocenters. The van der Waals surface area contributed by atoms with E-state index in [4.69, 9.17) is 5.73 Å². The lowest BCUT2D eigenvalue weighted by atomic mass is 9.91. The highest BCUT2D eigenvalue weighted by Gasteiger charge is 2.34. The maximum Gasteiger partial charge on any atom is 0.308 e. The first kappa shape index (κ1) is 15.5. The topological polar surface area (TPSA) is 83.6 Å². The largest absolute Gasteiger partial charge is 0.481 e. The van der Waals surface area contributed by atoms with E-state index in [0.29, 0.717) is 13.0 Å². The van der Waals surface area contributed by atoms with Crippen LogP contribution in [0.25, 0.3) is 0 Å². The fourth-order valence-electron chi connectivity index (χ4n) is 2.88. The smallest absolute Gasteiger partial charge is 0.308 e. The highest BCUT2D eigenvalue weighted by molar-refractivity contribution is 5.97. The summed E-state index contributed by atoms with van der Waals surface area (Å²) in [5.41, 5.74) is 7.46. The molecule has 1 heterocycles. The van der Waals surface area contributed by atoms with Crippen LogP contribution in [0.15, 0.2) is 24.3 Å². The Kier molecular flexibility index (Phi) is 4.96. The molecule has 1 amide bonds. The molecule has 5 nitrogen and oxygen atoms in total. The van der Waals surface area contributed by atoms with Crippen molar-refractivity contribution in [2.75, 3.05) is 18.0 Å². The van der Waals surface area contributed by atoms with Gasteiger partial charge in [-0.1, -0.05) is 31.5 Å². The molecule has 1 aliphatic heterocycles. The molecule has 2 rings (SSSR count). The summed E-state index contributed by atoms with van der Waals surface area (Å²) in [5, 5.41) is 9.30. The number of hydrogen-bond acceptors (Lipinski definition) is 3. The number of nitrogens with two attached hydrogens (primary N) is 1. The number of para-hydroxylation sites is 1. The van der Waals surface area contributed by atoms with Crippen molar-refractivity contribution in [3.63, 3.8) is 0 Å². The Bertz CT molecular complexity index is 530. The van der Waals surface area contributed by atoms with Crippen LogP contribution in [0.4, 0.5) is 5.69 Å². The number of carboxylic acids is 1. The Morgan fingerprint density at radius 1 is 1.43 bits per heavy atom. The highest BCUT2D eigenvalue weighted by Crippen LogP contribution is 2.31. The van der Waals surface area contributed by atoms with E-state index < -0.39 is 11.9 Å². The van der Waals surface area contributed by atoms with E-state index >= 15 is 0 Å². The van der Waals surface area contributed by atoms with Gasteiger partial charge in [0.1, 0.15) is 0 Å². The van der Waals surface area contributed by atoms with Crippen molar-refractivity contribution in [1.82, 2.24) is 0 Å². The number of amides is 1. The summed E-state index contributed by atoms with van der Waals surface area (Å²) in [6.07, 6.45) is 2.08. The van der Waals surface area contributed by atoms with Crippen LogP contribution >= 0.6 is 0 Å². The first-order chi connectivity index (χ1) is 10.1. The zero-order valence-corrected chi connectivity index (χ0v) is 12.3. The number of rotatable bonds is 5. The first-order valence-electron chi connectivity index (χ1n) is 7.40. The number of aliphatic carboxylic acids is 1. The van der Waals surface area contributed by atoms with Gasteiger partial charge in [-0.15, -0.1) is 0 Å². The quantitative estimate of drug-likeness (QED) is 0.863. The zero-order chi connectivity index (χ0) is 15.4. The van der Waals surface area contributed by atoms with Gasteiger partial charge in [0.05, 0.1) is 11.8 Å². The molecule has 1 aliphatic rings. The lowest BCUT2D eigenvalue weighted by Gasteiger charge is -2.35. The van der Waals surface area contributed by atoms with Crippen molar-refractivity contribution < 1.29 is 14.7 Å². The molecule has 0 saturated carbocycles. The van der Waals surface area contributed by atoms with E-state index in [1.165, 1.54) is 0 Å². The van der Waals surface area contributed by atoms with Gasteiger partial charge in [-0.3, -0.25) is 9.59 Å². The molecule has 0 spiro atoms. The zero-order valence-electron chi connectivity index (χ0n) is 12.3. The highest BCUT2D eigenvalue weighted by atomic mass is 16.4. The third-order valence-electron chi connectivity index (χ3n) is 4.04. The molecule has 2 atom stereocenters. The number of nitrogens with zero attached hydrogens (tertiary/aromatic N) is 1. The molecule has 114 valence electrons. The van der Waals surface area contributed by atoms with Gasteiger partial charge in [-0.25, -0.2) is 0 Å². The summed E-state index contributed by atoms with van der Waals surface area (Å²) in [6, 6.07) is 7.52. The predicted molar refractivity (Wildman–Crippen MR) is 81.1 cm³/mol. The SMILES string of the molecule is CCCC(CN)C(=O)N1CC(C(=O)O)Cc2ccccc21. The molecule has 0 bridgehead atoms. The van der Waals surface area contributed by atoms with Crippen molar-refractivity contribution in [3.8, 4) is 0 Å². The van der Waals surface area contributed by atoms with Crippen LogP contribution in [0.2, 0.25) is 0 Å². The summed E-state index contributed by atoms with van der Waals surface area (Å²) in [6.45, 7) is 2.54. The van der Waals surface area contributed by atoms with Crippen LogP contribution in [0.1, 0.15) is 25.3 Å². The fraction of sp³-hybridized carbons (Fsp3) is 0.500. The van der Waals surface area contributed by atoms with Gasteiger partial charge >= 0.3 is 5.97 Å². The molecule has 1 aromatic carbocycles. The number of fused-ring (bicyclic) bond motifs is 1. The van der Waals surface area contributed by atoms with E-state index in [1.54, 1.807) is 4.90 Å². The van der Waals surface area contributed by atoms with E-state index in [0.717, 1.165) is 24.1 Å². The second kappa shape index (κ2) is 6.72. The summed E-state index contributed by atoms with van der Waals surface area (Å²) in [4.78, 5) is 25.7. The minimum atomic E-state index is -0.859. The molecular formula is C16H22N2O3. The van der Waals surface area contributed by atoms with Crippen molar-refractivity contribution in [3.05, 3.63) is 29.8 Å². The Morgan fingerprint density at radius 3 is 2.76 bits per heavy atom. The normalized spacial score (nSPS) is 19.0. The van der Waals surface area contributed by atoms with Gasteiger partial charge in [0.25, 0.3) is 0 Å². The van der Waals surface area contributed by atoms with E-state index in [1.807, 2.05) is 31.2 Å². The van der Waals surface area contributed by atoms with Gasteiger partial charge in [0, 0.05) is 18.8 Å². The Morgan fingerprint density at radius 2 is 2.14 bits per heavy atom. The summed E-state index contributed by atoms with van der Waals surface area (Å²) in [7, 11) is 0. The van der Waals surface area contributed by atoms with Crippen LogP contribution in [0.3, 0.4) is 0 Å². The second-order valence-corrected chi connectivity index (χ2v) is 5.54. The predicted octanol–water partition coefficient (Wildman–Crippen LogP) is 1.65. The number of anilines is 1. The molecule has 3 N–H and O–H groups in total. The summed E-state index contributed by atoms with van der Waals surface area (Å²) < 4.78 is 0. The second-order valence-electron chi connectivity index (χ2n) is 5.54. The molecule has 0 aliphatic carbocycles. The van der Waals surface area contributed by atoms with Crippen LogP contribution in [-0.2, 0) is 16.0 Å². The van der Waals surface area contributed by atoms with Crippen LogP contribution < -0.4 is 10.6 Å². The number of hydrogen-bond donors (Lipinski definition) is 2. The van der Waals surface area contributed by atoms with E-state index in [-0.39, 0.29) is 18.4 Å². The number of carbonyl (C=O) groups excluding carboxylic acids is 1. The van der Waals surface area contributed by atoms with Crippen molar-refractivity contribution in [2.45, 2.75) is 26.2 Å². The van der Waals surface area contributed by atoms with Crippen molar-refractivity contribution in [1.29, 1.82) is 0 Å². The maximum absolute atomic E-state index is 12.7. The Balaban J connectivity index is 2.32. The molecule has 5 heteroatoms. The van der Waals surface area contributed by atoms with Crippen molar-refractivity contribution in [2.24, 2.45) is 17.6 Å². The van der Waals surface area contributed by atoms with Crippen LogP contribution in [0.5, 0.6) is 0 Å². The average Bonchev–Trinajstić information content (AvgIpc) is 2.50. The maximum atomic E-state index is 12.7. The van der Waals surface area contributed by atoms with Gasteiger partial charge in [0.2, 0.25) is 5.91 Å². The van der Waals surface area contributed by atoms with Gasteiger partial charge in [0.15, 0.2) is 0 Å². The molecule has 21 heavy (non-hydrogen) atoms. The lowest BCUT2D eigenvalue weighted by molar-refractivity contribution is -0.141. The average molecular weight is 290 g/mol. The third kappa shape index (κ3) is 3.24. The molecule has 0 aromatic heterocycles. The molecule has 1 aromatic rings. The van der Waals surface area contributed by atoms with Crippen LogP contribution in [-0.4, -0.2) is 30.1 Å². The van der Waals surface area contributed by atoms with Crippen LogP contribution in [0, 0.1) is 11.8 Å². The lowest BCUT2D eigenvalue weighted by Crippen LogP contribution is -2.46. The number of carboxylic acid groups (broad SMARTS) is 1. The molecule has 0 fully saturated rings. The van der Waals surface area contributed by atoms with Gasteiger partial charge in [-0.05, 0) is 24.5 Å². The van der Waals surface area contributed by atoms with Gasteiger partial charge < -0.3 is 15.7 Å². The Labute approximate surface area is 124 Å². The molecular weight excluding hydrogens is 268 g/mol. The third-order valence-corrected chi connectivity index (χ3v) is 4.04. The monoisotopic (exact) mass is 290 g/mol. The first-order valence-corrected chi connectivity index (χ1v) is 7.40. The summed E-state index contributed by atoms with van der Waals surface area (Å²) in [5.74, 6) is -1.71. The Hall–Kier alpha value is -1.88. The van der Waals surface area contributed by atoms with E-state index in [9.17, 15) is 14.7 Å². The fourth-order valence-corrected chi connectivity index (χ4v) is 2.88. The van der Waals surface area contributed by atoms with E-state index in [2.05, 4.69) is 0 Å². The molecule has 0 radical (unpaired) electrons. The minimum absolute atomic E-state index is 0.0576. The standard InChI is InChI=1S/C16H22N2O3/c1-2-5-12(9-17)15(19)18-10-13(16(20)21)8-11-6-3-4-7-14(11)18/h3-4,6-7,12-13H,2,5,8-10,17H2,1H3,(H,20,21). The molecule has 0 saturated heterocycles. The minimum Gasteiger partial charge on any atom is -0.481 e. The van der Waals surface area contributed by atoms with Gasteiger partial charge in [-0.2, -0.15) is 0 Å². The summed E-state index contributed by atoms with van der Waals surface area (Å²) >= 11 is 0.